The Morgan fingerprint density at radius 2 is 2.04 bits per heavy atom. The van der Waals surface area contributed by atoms with Crippen LogP contribution in [0.15, 0.2) is 29.2 Å². The molecule has 2 saturated heterocycles. The number of piperidine rings is 1. The highest BCUT2D eigenvalue weighted by atomic mass is 16.5. The van der Waals surface area contributed by atoms with E-state index < -0.39 is 11.5 Å². The summed E-state index contributed by atoms with van der Waals surface area (Å²) in [5, 5.41) is 0. The summed E-state index contributed by atoms with van der Waals surface area (Å²) in [6.07, 6.45) is 3.42. The Kier molecular flexibility index (Phi) is 6.01. The average Bonchev–Trinajstić information content (AvgIpc) is 3.21. The van der Waals surface area contributed by atoms with E-state index in [0.717, 1.165) is 37.5 Å². The highest BCUT2D eigenvalue weighted by Gasteiger charge is 2.56. The molecule has 1 spiro atoms. The van der Waals surface area contributed by atoms with Gasteiger partial charge in [-0.05, 0) is 25.0 Å². The van der Waals surface area contributed by atoms with Crippen LogP contribution in [0.1, 0.15) is 30.8 Å². The van der Waals surface area contributed by atoms with Crippen molar-refractivity contribution in [2.24, 2.45) is 5.92 Å². The molecule has 2 fully saturated rings. The molecule has 1 atom stereocenters. The fourth-order valence-corrected chi connectivity index (χ4v) is 4.43. The maximum atomic E-state index is 12.5. The molecule has 2 aliphatic heterocycles. The van der Waals surface area contributed by atoms with E-state index in [4.69, 9.17) is 13.9 Å². The Morgan fingerprint density at radius 1 is 1.33 bits per heavy atom. The summed E-state index contributed by atoms with van der Waals surface area (Å²) < 4.78 is 15.9. The molecule has 27 heavy (non-hydrogen) atoms. The zero-order valence-electron chi connectivity index (χ0n) is 16.1. The Bertz CT molecular complexity index is 690. The van der Waals surface area contributed by atoms with Crippen LogP contribution < -0.4 is 0 Å². The molecule has 0 aromatic carbocycles. The first-order chi connectivity index (χ1) is 13.0. The number of ether oxygens (including phenoxy) is 2. The van der Waals surface area contributed by atoms with Gasteiger partial charge in [0.15, 0.2) is 0 Å². The highest BCUT2D eigenvalue weighted by molar-refractivity contribution is 5.89. The van der Waals surface area contributed by atoms with Gasteiger partial charge in [-0.25, -0.2) is 0 Å². The average molecular weight is 376 g/mol. The molecule has 1 amide bonds. The number of likely N-dealkylation sites (tertiary alicyclic amines) is 2. The van der Waals surface area contributed by atoms with Crippen LogP contribution >= 0.6 is 0 Å². The molecule has 0 N–H and O–H groups in total. The molecule has 0 saturated carbocycles. The minimum absolute atomic E-state index is 0.00833. The number of amides is 1. The standard InChI is InChI=1S/C20H28N2O5/c1-4-9-22-18(23)12-17(19(24)26-3)20(22)7-10-21(11-8-20)13-15-5-6-16(27-15)14-25-2/h4-6,17H,1,7-14H2,2-3H3. The predicted octanol–water partition coefficient (Wildman–Crippen LogP) is 1.97. The second kappa shape index (κ2) is 8.27. The van der Waals surface area contributed by atoms with Crippen molar-refractivity contribution >= 4 is 11.9 Å². The van der Waals surface area contributed by atoms with Gasteiger partial charge in [-0.1, -0.05) is 6.08 Å². The van der Waals surface area contributed by atoms with Crippen molar-refractivity contribution < 1.29 is 23.5 Å². The molecule has 0 bridgehead atoms. The zero-order valence-corrected chi connectivity index (χ0v) is 16.1. The van der Waals surface area contributed by atoms with E-state index in [0.29, 0.717) is 19.7 Å². The quantitative estimate of drug-likeness (QED) is 0.535. The van der Waals surface area contributed by atoms with Gasteiger partial charge in [0.25, 0.3) is 0 Å². The maximum absolute atomic E-state index is 12.5. The van der Waals surface area contributed by atoms with Crippen LogP contribution in [0.2, 0.25) is 0 Å². The van der Waals surface area contributed by atoms with Crippen molar-refractivity contribution in [3.8, 4) is 0 Å². The van der Waals surface area contributed by atoms with Crippen LogP contribution in [0.4, 0.5) is 0 Å². The van der Waals surface area contributed by atoms with Gasteiger partial charge in [0, 0.05) is 33.2 Å². The minimum atomic E-state index is -0.473. The monoisotopic (exact) mass is 376 g/mol. The minimum Gasteiger partial charge on any atom is -0.469 e. The van der Waals surface area contributed by atoms with Gasteiger partial charge in [-0.3, -0.25) is 14.5 Å². The third kappa shape index (κ3) is 3.80. The van der Waals surface area contributed by atoms with Gasteiger partial charge in [0.1, 0.15) is 18.1 Å². The first-order valence-electron chi connectivity index (χ1n) is 9.32. The molecular formula is C20H28N2O5. The summed E-state index contributed by atoms with van der Waals surface area (Å²) in [7, 11) is 3.03. The van der Waals surface area contributed by atoms with Crippen molar-refractivity contribution in [3.63, 3.8) is 0 Å². The number of furan rings is 1. The maximum Gasteiger partial charge on any atom is 0.311 e. The van der Waals surface area contributed by atoms with Gasteiger partial charge >= 0.3 is 5.97 Å². The number of carbonyl (C=O) groups is 2. The molecule has 2 aliphatic rings. The molecule has 0 radical (unpaired) electrons. The first kappa shape index (κ1) is 19.6. The second-order valence-corrected chi connectivity index (χ2v) is 7.25. The van der Waals surface area contributed by atoms with E-state index in [-0.39, 0.29) is 18.3 Å². The van der Waals surface area contributed by atoms with Crippen molar-refractivity contribution in [2.75, 3.05) is 33.9 Å². The number of hydrogen-bond acceptors (Lipinski definition) is 6. The lowest BCUT2D eigenvalue weighted by molar-refractivity contribution is -0.150. The summed E-state index contributed by atoms with van der Waals surface area (Å²) in [6.45, 7) is 6.98. The molecule has 7 heteroatoms. The predicted molar refractivity (Wildman–Crippen MR) is 98.7 cm³/mol. The van der Waals surface area contributed by atoms with Gasteiger partial charge in [-0.2, -0.15) is 0 Å². The fraction of sp³-hybridized carbons (Fsp3) is 0.600. The molecule has 1 unspecified atom stereocenters. The first-order valence-corrected chi connectivity index (χ1v) is 9.32. The van der Waals surface area contributed by atoms with Crippen LogP contribution in [0.25, 0.3) is 0 Å². The number of nitrogens with zero attached hydrogens (tertiary/aromatic N) is 2. The topological polar surface area (TPSA) is 72.2 Å². The zero-order chi connectivity index (χ0) is 19.4. The van der Waals surface area contributed by atoms with Crippen molar-refractivity contribution in [1.82, 2.24) is 9.80 Å². The van der Waals surface area contributed by atoms with E-state index in [1.54, 1.807) is 13.2 Å². The number of esters is 1. The van der Waals surface area contributed by atoms with E-state index in [9.17, 15) is 9.59 Å². The van der Waals surface area contributed by atoms with Crippen molar-refractivity contribution in [3.05, 3.63) is 36.3 Å². The molecular weight excluding hydrogens is 348 g/mol. The van der Waals surface area contributed by atoms with Gasteiger partial charge < -0.3 is 18.8 Å². The Morgan fingerprint density at radius 3 is 2.67 bits per heavy atom. The van der Waals surface area contributed by atoms with E-state index in [1.807, 2.05) is 17.0 Å². The summed E-state index contributed by atoms with van der Waals surface area (Å²) in [5.74, 6) is 1.01. The summed E-state index contributed by atoms with van der Waals surface area (Å²) in [4.78, 5) is 29.0. The van der Waals surface area contributed by atoms with Gasteiger partial charge in [-0.15, -0.1) is 6.58 Å². The molecule has 7 nitrogen and oxygen atoms in total. The SMILES string of the molecule is C=CCN1C(=O)CC(C(=O)OC)C12CCN(Cc1ccc(COC)o1)CC2. The Labute approximate surface area is 159 Å². The van der Waals surface area contributed by atoms with Crippen LogP contribution in [0.3, 0.4) is 0 Å². The lowest BCUT2D eigenvalue weighted by Crippen LogP contribution is -2.57. The number of methoxy groups -OCH3 is 2. The van der Waals surface area contributed by atoms with Crippen molar-refractivity contribution in [1.29, 1.82) is 0 Å². The van der Waals surface area contributed by atoms with Gasteiger partial charge in [0.05, 0.1) is 25.1 Å². The molecule has 1 aromatic rings. The third-order valence-electron chi connectivity index (χ3n) is 5.77. The highest BCUT2D eigenvalue weighted by Crippen LogP contribution is 2.44. The lowest BCUT2D eigenvalue weighted by atomic mass is 9.76. The van der Waals surface area contributed by atoms with E-state index >= 15 is 0 Å². The van der Waals surface area contributed by atoms with E-state index in [2.05, 4.69) is 11.5 Å². The Balaban J connectivity index is 1.70. The third-order valence-corrected chi connectivity index (χ3v) is 5.77. The van der Waals surface area contributed by atoms with Crippen LogP contribution in [-0.4, -0.2) is 61.1 Å². The van der Waals surface area contributed by atoms with E-state index in [1.165, 1.54) is 7.11 Å². The van der Waals surface area contributed by atoms with Gasteiger partial charge in [0.2, 0.25) is 5.91 Å². The number of rotatable bonds is 7. The lowest BCUT2D eigenvalue weighted by Gasteiger charge is -2.46. The molecule has 3 rings (SSSR count). The van der Waals surface area contributed by atoms with Crippen LogP contribution in [-0.2, 0) is 32.2 Å². The van der Waals surface area contributed by atoms with Crippen molar-refractivity contribution in [2.45, 2.75) is 38.0 Å². The van der Waals surface area contributed by atoms with Crippen LogP contribution in [0.5, 0.6) is 0 Å². The normalized spacial score (nSPS) is 22.4. The molecule has 1 aromatic heterocycles. The fourth-order valence-electron chi connectivity index (χ4n) is 4.43. The van der Waals surface area contributed by atoms with Crippen LogP contribution in [0, 0.1) is 5.92 Å². The second-order valence-electron chi connectivity index (χ2n) is 7.25. The summed E-state index contributed by atoms with van der Waals surface area (Å²) in [6, 6.07) is 3.90. The summed E-state index contributed by atoms with van der Waals surface area (Å²) in [5.41, 5.74) is -0.473. The Hall–Kier alpha value is -2.12. The summed E-state index contributed by atoms with van der Waals surface area (Å²) >= 11 is 0. The largest absolute Gasteiger partial charge is 0.469 e. The molecule has 3 heterocycles. The smallest absolute Gasteiger partial charge is 0.311 e. The number of hydrogen-bond donors (Lipinski definition) is 0. The number of carbonyl (C=O) groups excluding carboxylic acids is 2. The molecule has 0 aliphatic carbocycles. The molecule has 148 valence electrons.